The third kappa shape index (κ3) is 2.81. The number of carbonyl (C=O) groups is 1. The second kappa shape index (κ2) is 4.99. The zero-order chi connectivity index (χ0) is 14.9. The molecule has 2 aromatic heterocycles. The van der Waals surface area contributed by atoms with Crippen LogP contribution in [0.2, 0.25) is 0 Å². The van der Waals surface area contributed by atoms with Gasteiger partial charge < -0.3 is 9.47 Å². The first-order chi connectivity index (χ1) is 9.31. The molecule has 2 rings (SSSR count). The molecule has 0 radical (unpaired) electrons. The minimum absolute atomic E-state index is 0.453. The van der Waals surface area contributed by atoms with Crippen molar-refractivity contribution in [1.29, 1.82) is 0 Å². The van der Waals surface area contributed by atoms with Crippen LogP contribution in [0.15, 0.2) is 12.4 Å². The van der Waals surface area contributed by atoms with Crippen LogP contribution in [0.25, 0.3) is 10.9 Å². The number of amides is 1. The summed E-state index contributed by atoms with van der Waals surface area (Å²) in [6.45, 7) is 5.41. The number of hydrogen-bond acceptors (Lipinski definition) is 5. The van der Waals surface area contributed by atoms with E-state index in [4.69, 9.17) is 9.47 Å². The molecule has 1 N–H and O–H groups in total. The number of nitrogens with zero attached hydrogens (tertiary/aromatic N) is 3. The minimum atomic E-state index is -0.558. The first-order valence-corrected chi connectivity index (χ1v) is 6.16. The zero-order valence-corrected chi connectivity index (χ0v) is 12.2. The van der Waals surface area contributed by atoms with Crippen molar-refractivity contribution in [2.45, 2.75) is 26.4 Å². The predicted molar refractivity (Wildman–Crippen MR) is 74.9 cm³/mol. The molecule has 20 heavy (non-hydrogen) atoms. The summed E-state index contributed by atoms with van der Waals surface area (Å²) < 4.78 is 12.0. The molecule has 0 spiro atoms. The highest BCUT2D eigenvalue weighted by atomic mass is 16.6. The average Bonchev–Trinajstić information content (AvgIpc) is 2.70. The number of hydrogen-bond donors (Lipinski definition) is 1. The van der Waals surface area contributed by atoms with E-state index in [1.807, 2.05) is 0 Å². The fourth-order valence-corrected chi connectivity index (χ4v) is 1.80. The van der Waals surface area contributed by atoms with Gasteiger partial charge in [0.05, 0.1) is 30.6 Å². The molecule has 0 aliphatic heterocycles. The van der Waals surface area contributed by atoms with Crippen molar-refractivity contribution < 1.29 is 14.3 Å². The number of ether oxygens (including phenoxy) is 2. The lowest BCUT2D eigenvalue weighted by atomic mass is 10.2. The van der Waals surface area contributed by atoms with Gasteiger partial charge in [-0.1, -0.05) is 0 Å². The van der Waals surface area contributed by atoms with E-state index >= 15 is 0 Å². The van der Waals surface area contributed by atoms with Gasteiger partial charge in [0.15, 0.2) is 0 Å². The van der Waals surface area contributed by atoms with Gasteiger partial charge >= 0.3 is 6.09 Å². The molecule has 0 aliphatic rings. The molecule has 7 heteroatoms. The first-order valence-electron chi connectivity index (χ1n) is 6.16. The van der Waals surface area contributed by atoms with Gasteiger partial charge in [0.2, 0.25) is 5.88 Å². The third-order valence-electron chi connectivity index (χ3n) is 2.57. The molecule has 0 fully saturated rings. The van der Waals surface area contributed by atoms with Crippen molar-refractivity contribution in [2.75, 3.05) is 12.4 Å². The van der Waals surface area contributed by atoms with Crippen LogP contribution in [-0.2, 0) is 11.8 Å². The third-order valence-corrected chi connectivity index (χ3v) is 2.57. The molecule has 1 amide bonds. The molecule has 2 heterocycles. The van der Waals surface area contributed by atoms with Crippen LogP contribution in [0.3, 0.4) is 0 Å². The van der Waals surface area contributed by atoms with E-state index in [1.165, 1.54) is 13.3 Å². The van der Waals surface area contributed by atoms with Crippen LogP contribution in [0, 0.1) is 0 Å². The summed E-state index contributed by atoms with van der Waals surface area (Å²) in [5.41, 5.74) is 0.683. The summed E-state index contributed by atoms with van der Waals surface area (Å²) in [4.78, 5) is 16.0. The number of nitrogens with one attached hydrogen (secondary N) is 1. The Balaban J connectivity index is 2.34. The van der Waals surface area contributed by atoms with Crippen LogP contribution in [0.4, 0.5) is 10.5 Å². The number of rotatable bonds is 2. The fraction of sp³-hybridized carbons (Fsp3) is 0.462. The molecule has 0 saturated carbocycles. The lowest BCUT2D eigenvalue weighted by Gasteiger charge is -2.19. The van der Waals surface area contributed by atoms with E-state index in [9.17, 15) is 4.79 Å². The molecule has 0 atom stereocenters. The molecular formula is C13H18N4O3. The number of carbonyl (C=O) groups excluding carboxylic acids is 1. The van der Waals surface area contributed by atoms with Gasteiger partial charge in [-0.15, -0.1) is 0 Å². The summed E-state index contributed by atoms with van der Waals surface area (Å²) in [5, 5.41) is 7.57. The maximum atomic E-state index is 11.8. The number of methoxy groups -OCH3 is 1. The normalized spacial score (nSPS) is 11.4. The van der Waals surface area contributed by atoms with Crippen molar-refractivity contribution in [3.05, 3.63) is 12.4 Å². The summed E-state index contributed by atoms with van der Waals surface area (Å²) in [6, 6.07) is 0. The second-order valence-corrected chi connectivity index (χ2v) is 5.34. The van der Waals surface area contributed by atoms with Crippen molar-refractivity contribution in [3.8, 4) is 5.88 Å². The molecule has 0 saturated heterocycles. The smallest absolute Gasteiger partial charge is 0.412 e. The van der Waals surface area contributed by atoms with E-state index in [-0.39, 0.29) is 0 Å². The Hall–Kier alpha value is -2.31. The number of pyridine rings is 1. The Labute approximate surface area is 116 Å². The topological polar surface area (TPSA) is 78.3 Å². The predicted octanol–water partition coefficient (Wildman–Crippen LogP) is 2.32. The number of fused-ring (bicyclic) bond motifs is 1. The lowest BCUT2D eigenvalue weighted by molar-refractivity contribution is 0.0636. The Bertz CT molecular complexity index is 643. The lowest BCUT2D eigenvalue weighted by Crippen LogP contribution is -2.27. The van der Waals surface area contributed by atoms with Crippen molar-refractivity contribution in [3.63, 3.8) is 0 Å². The van der Waals surface area contributed by atoms with Gasteiger partial charge in [-0.25, -0.2) is 9.78 Å². The molecule has 0 aromatic carbocycles. The molecular weight excluding hydrogens is 260 g/mol. The van der Waals surface area contributed by atoms with Crippen molar-refractivity contribution in [2.24, 2.45) is 7.05 Å². The molecule has 108 valence electrons. The Morgan fingerprint density at radius 2 is 2.05 bits per heavy atom. The second-order valence-electron chi connectivity index (χ2n) is 5.34. The standard InChI is InChI=1S/C13H18N4O3/c1-13(2,3)20-12(18)16-9-7-14-11(19-5)10-8(9)6-15-17(10)4/h6-7H,1-5H3,(H,16,18). The van der Waals surface area contributed by atoms with Gasteiger partial charge in [0.1, 0.15) is 11.1 Å². The van der Waals surface area contributed by atoms with Gasteiger partial charge in [-0.2, -0.15) is 5.10 Å². The van der Waals surface area contributed by atoms with Gasteiger partial charge in [0, 0.05) is 7.05 Å². The summed E-state index contributed by atoms with van der Waals surface area (Å²) in [7, 11) is 3.32. The van der Waals surface area contributed by atoms with E-state index in [2.05, 4.69) is 15.4 Å². The largest absolute Gasteiger partial charge is 0.479 e. The maximum Gasteiger partial charge on any atom is 0.412 e. The van der Waals surface area contributed by atoms with Crippen molar-refractivity contribution in [1.82, 2.24) is 14.8 Å². The Morgan fingerprint density at radius 3 is 2.65 bits per heavy atom. The van der Waals surface area contributed by atoms with Crippen LogP contribution >= 0.6 is 0 Å². The zero-order valence-electron chi connectivity index (χ0n) is 12.2. The fourth-order valence-electron chi connectivity index (χ4n) is 1.80. The van der Waals surface area contributed by atoms with Gasteiger partial charge in [-0.3, -0.25) is 10.00 Å². The molecule has 0 aliphatic carbocycles. The number of aromatic nitrogens is 3. The van der Waals surface area contributed by atoms with Crippen LogP contribution < -0.4 is 10.1 Å². The number of anilines is 1. The van der Waals surface area contributed by atoms with Gasteiger partial charge in [0.25, 0.3) is 0 Å². The summed E-state index contributed by atoms with van der Waals surface area (Å²) >= 11 is 0. The van der Waals surface area contributed by atoms with E-state index in [0.717, 1.165) is 5.39 Å². The first kappa shape index (κ1) is 14.1. The average molecular weight is 278 g/mol. The molecule has 0 unspecified atom stereocenters. The molecule has 0 bridgehead atoms. The SMILES string of the molecule is COc1ncc(NC(=O)OC(C)(C)C)c2cnn(C)c12. The quantitative estimate of drug-likeness (QED) is 0.912. The minimum Gasteiger partial charge on any atom is -0.479 e. The van der Waals surface area contributed by atoms with Crippen LogP contribution in [0.5, 0.6) is 5.88 Å². The molecule has 2 aromatic rings. The Morgan fingerprint density at radius 1 is 1.35 bits per heavy atom. The summed E-state index contributed by atoms with van der Waals surface area (Å²) in [6.07, 6.45) is 2.63. The van der Waals surface area contributed by atoms with E-state index in [0.29, 0.717) is 17.1 Å². The highest BCUT2D eigenvalue weighted by Gasteiger charge is 2.19. The van der Waals surface area contributed by atoms with Crippen molar-refractivity contribution >= 4 is 22.7 Å². The highest BCUT2D eigenvalue weighted by molar-refractivity contribution is 6.00. The van der Waals surface area contributed by atoms with E-state index in [1.54, 1.807) is 38.7 Å². The number of aryl methyl sites for hydroxylation is 1. The maximum absolute atomic E-state index is 11.8. The van der Waals surface area contributed by atoms with E-state index < -0.39 is 11.7 Å². The van der Waals surface area contributed by atoms with Crippen LogP contribution in [-0.4, -0.2) is 33.6 Å². The summed E-state index contributed by atoms with van der Waals surface area (Å²) in [5.74, 6) is 0.453. The molecule has 7 nitrogen and oxygen atoms in total. The van der Waals surface area contributed by atoms with Crippen LogP contribution in [0.1, 0.15) is 20.8 Å². The Kier molecular flexibility index (Phi) is 3.52. The highest BCUT2D eigenvalue weighted by Crippen LogP contribution is 2.28. The monoisotopic (exact) mass is 278 g/mol. The van der Waals surface area contributed by atoms with Gasteiger partial charge in [-0.05, 0) is 20.8 Å².